The van der Waals surface area contributed by atoms with E-state index in [1.54, 1.807) is 6.92 Å². The molecule has 0 bridgehead atoms. The summed E-state index contributed by atoms with van der Waals surface area (Å²) in [4.78, 5) is 11.0. The molecule has 2 aromatic carbocycles. The van der Waals surface area contributed by atoms with Gasteiger partial charge in [-0.3, -0.25) is 0 Å². The molecule has 1 aliphatic rings. The molecule has 0 radical (unpaired) electrons. The van der Waals surface area contributed by atoms with Gasteiger partial charge in [-0.15, -0.1) is 0 Å². The van der Waals surface area contributed by atoms with Crippen LogP contribution in [0.2, 0.25) is 0 Å². The lowest BCUT2D eigenvalue weighted by atomic mass is 9.95. The number of allylic oxidation sites excluding steroid dienone is 1. The number of carboxylic acids is 1. The van der Waals surface area contributed by atoms with Crippen LogP contribution < -0.4 is 0 Å². The van der Waals surface area contributed by atoms with Crippen LogP contribution in [0.4, 0.5) is 0 Å². The van der Waals surface area contributed by atoms with Crippen LogP contribution in [0.1, 0.15) is 24.0 Å². The summed E-state index contributed by atoms with van der Waals surface area (Å²) in [6.45, 7) is 1.64. The van der Waals surface area contributed by atoms with E-state index in [0.717, 1.165) is 0 Å². The number of hydrogen-bond donors (Lipinski definition) is 1. The number of benzene rings is 2. The standard InChI is InChI=1S/C17H14O2/c1-11(17(18)19)10-16-14-8-4-2-6-12(14)13-7-3-5-9-15(13)16/h2-10,16H,1H3,(H,18,19)/b11-10+. The Bertz CT molecular complexity index is 638. The zero-order valence-corrected chi connectivity index (χ0v) is 10.6. The summed E-state index contributed by atoms with van der Waals surface area (Å²) in [6, 6.07) is 16.4. The summed E-state index contributed by atoms with van der Waals surface area (Å²) >= 11 is 0. The predicted octanol–water partition coefficient (Wildman–Crippen LogP) is 3.83. The van der Waals surface area contributed by atoms with Crippen molar-refractivity contribution < 1.29 is 9.90 Å². The van der Waals surface area contributed by atoms with Crippen molar-refractivity contribution in [3.63, 3.8) is 0 Å². The van der Waals surface area contributed by atoms with Gasteiger partial charge in [0.1, 0.15) is 0 Å². The van der Waals surface area contributed by atoms with Gasteiger partial charge in [0.25, 0.3) is 0 Å². The van der Waals surface area contributed by atoms with Gasteiger partial charge >= 0.3 is 5.97 Å². The van der Waals surface area contributed by atoms with Gasteiger partial charge in [0, 0.05) is 11.5 Å². The smallest absolute Gasteiger partial charge is 0.330 e. The maximum absolute atomic E-state index is 11.0. The molecule has 0 amide bonds. The molecule has 19 heavy (non-hydrogen) atoms. The van der Waals surface area contributed by atoms with Gasteiger partial charge in [-0.2, -0.15) is 0 Å². The van der Waals surface area contributed by atoms with Gasteiger partial charge in [0.05, 0.1) is 0 Å². The van der Waals surface area contributed by atoms with Crippen molar-refractivity contribution in [2.75, 3.05) is 0 Å². The Morgan fingerprint density at radius 3 is 1.95 bits per heavy atom. The van der Waals surface area contributed by atoms with Gasteiger partial charge in [-0.05, 0) is 29.2 Å². The average Bonchev–Trinajstić information content (AvgIpc) is 2.74. The maximum Gasteiger partial charge on any atom is 0.330 e. The normalized spacial score (nSPS) is 14.1. The molecule has 3 rings (SSSR count). The number of rotatable bonds is 2. The number of carbonyl (C=O) groups is 1. The Hall–Kier alpha value is -2.35. The molecule has 0 spiro atoms. The molecule has 94 valence electrons. The highest BCUT2D eigenvalue weighted by molar-refractivity contribution is 5.87. The molecule has 0 saturated carbocycles. The van der Waals surface area contributed by atoms with Crippen LogP contribution in [0.15, 0.2) is 60.2 Å². The van der Waals surface area contributed by atoms with Crippen LogP contribution >= 0.6 is 0 Å². The van der Waals surface area contributed by atoms with Crippen molar-refractivity contribution in [3.8, 4) is 11.1 Å². The van der Waals surface area contributed by atoms with E-state index in [1.165, 1.54) is 22.3 Å². The second-order valence-electron chi connectivity index (χ2n) is 4.81. The molecule has 2 aromatic rings. The summed E-state index contributed by atoms with van der Waals surface area (Å²) in [5, 5.41) is 9.07. The number of carboxylic acid groups (broad SMARTS) is 1. The van der Waals surface area contributed by atoms with E-state index < -0.39 is 5.97 Å². The first-order valence-corrected chi connectivity index (χ1v) is 6.28. The summed E-state index contributed by atoms with van der Waals surface area (Å²) in [6.07, 6.45) is 1.84. The minimum absolute atomic E-state index is 0.0449. The summed E-state index contributed by atoms with van der Waals surface area (Å²) in [5.41, 5.74) is 5.17. The van der Waals surface area contributed by atoms with Crippen LogP contribution in [0.3, 0.4) is 0 Å². The minimum Gasteiger partial charge on any atom is -0.478 e. The molecule has 0 atom stereocenters. The Kier molecular flexibility index (Phi) is 2.71. The van der Waals surface area contributed by atoms with E-state index in [-0.39, 0.29) is 5.92 Å². The van der Waals surface area contributed by atoms with Crippen molar-refractivity contribution in [2.45, 2.75) is 12.8 Å². The highest BCUT2D eigenvalue weighted by Crippen LogP contribution is 2.45. The number of fused-ring (bicyclic) bond motifs is 3. The fraction of sp³-hybridized carbons (Fsp3) is 0.118. The largest absolute Gasteiger partial charge is 0.478 e. The lowest BCUT2D eigenvalue weighted by Crippen LogP contribution is -2.00. The third kappa shape index (κ3) is 1.85. The molecule has 2 heteroatoms. The zero-order valence-electron chi connectivity index (χ0n) is 10.6. The van der Waals surface area contributed by atoms with E-state index in [4.69, 9.17) is 5.11 Å². The Morgan fingerprint density at radius 2 is 1.47 bits per heavy atom. The maximum atomic E-state index is 11.0. The summed E-state index contributed by atoms with van der Waals surface area (Å²) in [7, 11) is 0. The van der Waals surface area contributed by atoms with Gasteiger partial charge in [0.15, 0.2) is 0 Å². The van der Waals surface area contributed by atoms with Crippen LogP contribution in [-0.2, 0) is 4.79 Å². The quantitative estimate of drug-likeness (QED) is 0.822. The fourth-order valence-corrected chi connectivity index (χ4v) is 2.70. The average molecular weight is 250 g/mol. The SMILES string of the molecule is C/C(=C\C1c2ccccc2-c2ccccc21)C(=O)O. The van der Waals surface area contributed by atoms with Gasteiger partial charge in [-0.25, -0.2) is 4.79 Å². The van der Waals surface area contributed by atoms with Crippen molar-refractivity contribution in [1.29, 1.82) is 0 Å². The third-order valence-electron chi connectivity index (χ3n) is 3.64. The Morgan fingerprint density at radius 1 is 1.00 bits per heavy atom. The van der Waals surface area contributed by atoms with Crippen LogP contribution in [-0.4, -0.2) is 11.1 Å². The molecule has 0 aromatic heterocycles. The molecule has 1 N–H and O–H groups in total. The molecular formula is C17H14O2. The number of aliphatic carboxylic acids is 1. The first-order valence-electron chi connectivity index (χ1n) is 6.28. The third-order valence-corrected chi connectivity index (χ3v) is 3.64. The molecule has 0 heterocycles. The summed E-state index contributed by atoms with van der Waals surface area (Å²) < 4.78 is 0. The predicted molar refractivity (Wildman–Crippen MR) is 75.1 cm³/mol. The van der Waals surface area contributed by atoms with E-state index >= 15 is 0 Å². The Balaban J connectivity index is 2.20. The lowest BCUT2D eigenvalue weighted by molar-refractivity contribution is -0.132. The van der Waals surface area contributed by atoms with Crippen LogP contribution in [0.5, 0.6) is 0 Å². The Labute approximate surface area is 112 Å². The van der Waals surface area contributed by atoms with Crippen LogP contribution in [0, 0.1) is 0 Å². The molecular weight excluding hydrogens is 236 g/mol. The molecule has 0 unspecified atom stereocenters. The fourth-order valence-electron chi connectivity index (χ4n) is 2.70. The molecule has 0 saturated heterocycles. The highest BCUT2D eigenvalue weighted by atomic mass is 16.4. The van der Waals surface area contributed by atoms with Crippen molar-refractivity contribution in [1.82, 2.24) is 0 Å². The van der Waals surface area contributed by atoms with Crippen molar-refractivity contribution in [3.05, 3.63) is 71.3 Å². The molecule has 1 aliphatic carbocycles. The van der Waals surface area contributed by atoms with E-state index in [9.17, 15) is 4.79 Å². The van der Waals surface area contributed by atoms with Crippen LogP contribution in [0.25, 0.3) is 11.1 Å². The van der Waals surface area contributed by atoms with Crippen molar-refractivity contribution in [2.24, 2.45) is 0 Å². The van der Waals surface area contributed by atoms with E-state index in [1.807, 2.05) is 30.3 Å². The van der Waals surface area contributed by atoms with Gasteiger partial charge in [-0.1, -0.05) is 54.6 Å². The van der Waals surface area contributed by atoms with E-state index in [0.29, 0.717) is 5.57 Å². The van der Waals surface area contributed by atoms with Crippen molar-refractivity contribution >= 4 is 5.97 Å². The monoisotopic (exact) mass is 250 g/mol. The second kappa shape index (κ2) is 4.39. The second-order valence-corrected chi connectivity index (χ2v) is 4.81. The first-order chi connectivity index (χ1) is 9.18. The van der Waals surface area contributed by atoms with E-state index in [2.05, 4.69) is 24.3 Å². The molecule has 2 nitrogen and oxygen atoms in total. The summed E-state index contributed by atoms with van der Waals surface area (Å²) in [5.74, 6) is -0.814. The molecule has 0 fully saturated rings. The molecule has 0 aliphatic heterocycles. The topological polar surface area (TPSA) is 37.3 Å². The van der Waals surface area contributed by atoms with Gasteiger partial charge < -0.3 is 5.11 Å². The number of hydrogen-bond acceptors (Lipinski definition) is 1. The highest BCUT2D eigenvalue weighted by Gasteiger charge is 2.26. The van der Waals surface area contributed by atoms with Gasteiger partial charge in [0.2, 0.25) is 0 Å². The zero-order chi connectivity index (χ0) is 13.4. The minimum atomic E-state index is -0.859. The first kappa shape index (κ1) is 11.7. The lowest BCUT2D eigenvalue weighted by Gasteiger charge is -2.09.